The summed E-state index contributed by atoms with van der Waals surface area (Å²) in [6.45, 7) is 0. The summed E-state index contributed by atoms with van der Waals surface area (Å²) in [6.07, 6.45) is 1.66. The van der Waals surface area contributed by atoms with Crippen LogP contribution in [0.1, 0.15) is 24.8 Å². The van der Waals surface area contributed by atoms with Crippen molar-refractivity contribution in [2.45, 2.75) is 24.7 Å². The number of hydrogen-bond acceptors (Lipinski definition) is 2. The van der Waals surface area contributed by atoms with Crippen LogP contribution in [0.3, 0.4) is 0 Å². The van der Waals surface area contributed by atoms with Crippen LogP contribution in [-0.2, 0) is 10.2 Å². The first kappa shape index (κ1) is 12.4. The van der Waals surface area contributed by atoms with Gasteiger partial charge >= 0.3 is 5.97 Å². The predicted molar refractivity (Wildman–Crippen MR) is 63.8 cm³/mol. The van der Waals surface area contributed by atoms with E-state index in [0.29, 0.717) is 5.75 Å². The number of halogens is 2. The zero-order valence-corrected chi connectivity index (χ0v) is 10.9. The first-order valence-corrected chi connectivity index (χ1v) is 6.04. The molecule has 0 saturated heterocycles. The van der Waals surface area contributed by atoms with Crippen molar-refractivity contribution in [3.8, 4) is 5.75 Å². The van der Waals surface area contributed by atoms with E-state index < -0.39 is 11.8 Å². The van der Waals surface area contributed by atoms with Crippen LogP contribution < -0.4 is 4.74 Å². The SMILES string of the molecule is COc1c(C2(CC(=O)O)CC2)ccc(F)c1Br. The van der Waals surface area contributed by atoms with E-state index >= 15 is 0 Å². The van der Waals surface area contributed by atoms with Gasteiger partial charge in [0.15, 0.2) is 0 Å². The highest BCUT2D eigenvalue weighted by atomic mass is 79.9. The third kappa shape index (κ3) is 2.16. The molecule has 0 radical (unpaired) electrons. The summed E-state index contributed by atoms with van der Waals surface area (Å²) in [4.78, 5) is 10.9. The molecule has 1 fully saturated rings. The van der Waals surface area contributed by atoms with Crippen LogP contribution in [-0.4, -0.2) is 18.2 Å². The van der Waals surface area contributed by atoms with Gasteiger partial charge in [-0.3, -0.25) is 4.79 Å². The first-order valence-electron chi connectivity index (χ1n) is 5.24. The monoisotopic (exact) mass is 302 g/mol. The summed E-state index contributed by atoms with van der Waals surface area (Å²) in [5.41, 5.74) is 0.392. The van der Waals surface area contributed by atoms with E-state index in [2.05, 4.69) is 15.9 Å². The van der Waals surface area contributed by atoms with Crippen molar-refractivity contribution in [1.82, 2.24) is 0 Å². The van der Waals surface area contributed by atoms with E-state index in [0.717, 1.165) is 18.4 Å². The van der Waals surface area contributed by atoms with E-state index in [9.17, 15) is 9.18 Å². The Morgan fingerprint density at radius 2 is 2.24 bits per heavy atom. The maximum atomic E-state index is 13.4. The van der Waals surface area contributed by atoms with Gasteiger partial charge in [-0.05, 0) is 34.8 Å². The van der Waals surface area contributed by atoms with Gasteiger partial charge in [-0.2, -0.15) is 0 Å². The maximum Gasteiger partial charge on any atom is 0.304 e. The van der Waals surface area contributed by atoms with E-state index in [4.69, 9.17) is 9.84 Å². The quantitative estimate of drug-likeness (QED) is 0.929. The Kier molecular flexibility index (Phi) is 3.12. The van der Waals surface area contributed by atoms with Gasteiger partial charge in [0.2, 0.25) is 0 Å². The van der Waals surface area contributed by atoms with Crippen molar-refractivity contribution in [2.75, 3.05) is 7.11 Å². The molecule has 0 unspecified atom stereocenters. The van der Waals surface area contributed by atoms with Gasteiger partial charge in [-0.15, -0.1) is 0 Å². The van der Waals surface area contributed by atoms with Gasteiger partial charge in [0.1, 0.15) is 11.6 Å². The molecule has 0 spiro atoms. The van der Waals surface area contributed by atoms with Crippen molar-refractivity contribution in [1.29, 1.82) is 0 Å². The molecular formula is C12H12BrFO3. The Morgan fingerprint density at radius 1 is 1.59 bits per heavy atom. The second-order valence-corrected chi connectivity index (χ2v) is 5.09. The highest BCUT2D eigenvalue weighted by Gasteiger charge is 2.48. The van der Waals surface area contributed by atoms with Crippen LogP contribution in [0.2, 0.25) is 0 Å². The van der Waals surface area contributed by atoms with Crippen LogP contribution in [0.5, 0.6) is 5.75 Å². The molecule has 1 N–H and O–H groups in total. The Labute approximate surface area is 107 Å². The molecule has 0 bridgehead atoms. The van der Waals surface area contributed by atoms with Crippen molar-refractivity contribution in [3.63, 3.8) is 0 Å². The fourth-order valence-corrected chi connectivity index (χ4v) is 2.64. The van der Waals surface area contributed by atoms with Gasteiger partial charge in [0.25, 0.3) is 0 Å². The van der Waals surface area contributed by atoms with E-state index in [1.54, 1.807) is 6.07 Å². The minimum atomic E-state index is -0.843. The molecule has 1 aliphatic rings. The molecule has 1 aromatic rings. The smallest absolute Gasteiger partial charge is 0.304 e. The molecule has 0 atom stereocenters. The van der Waals surface area contributed by atoms with Crippen LogP contribution in [0.15, 0.2) is 16.6 Å². The van der Waals surface area contributed by atoms with Gasteiger partial charge < -0.3 is 9.84 Å². The predicted octanol–water partition coefficient (Wildman–Crippen LogP) is 3.10. The van der Waals surface area contributed by atoms with E-state index in [-0.39, 0.29) is 16.3 Å². The van der Waals surface area contributed by atoms with Crippen molar-refractivity contribution in [2.24, 2.45) is 0 Å². The molecule has 1 aromatic carbocycles. The molecular weight excluding hydrogens is 291 g/mol. The number of methoxy groups -OCH3 is 1. The molecule has 0 amide bonds. The van der Waals surface area contributed by atoms with Crippen LogP contribution >= 0.6 is 15.9 Å². The Balaban J connectivity index is 2.46. The number of rotatable bonds is 4. The lowest BCUT2D eigenvalue weighted by atomic mass is 9.91. The van der Waals surface area contributed by atoms with E-state index in [1.807, 2.05) is 0 Å². The Morgan fingerprint density at radius 3 is 2.71 bits per heavy atom. The number of carboxylic acids is 1. The number of hydrogen-bond donors (Lipinski definition) is 1. The molecule has 0 aromatic heterocycles. The zero-order chi connectivity index (χ0) is 12.6. The second-order valence-electron chi connectivity index (χ2n) is 4.29. The third-order valence-corrected chi connectivity index (χ3v) is 3.91. The Hall–Kier alpha value is -1.10. The zero-order valence-electron chi connectivity index (χ0n) is 9.30. The molecule has 1 aliphatic carbocycles. The average Bonchev–Trinajstić information content (AvgIpc) is 3.01. The molecule has 3 nitrogen and oxygen atoms in total. The van der Waals surface area contributed by atoms with E-state index in [1.165, 1.54) is 13.2 Å². The first-order chi connectivity index (χ1) is 8.00. The highest BCUT2D eigenvalue weighted by molar-refractivity contribution is 9.10. The number of aliphatic carboxylic acids is 1. The third-order valence-electron chi connectivity index (χ3n) is 3.17. The summed E-state index contributed by atoms with van der Waals surface area (Å²) in [5, 5.41) is 8.91. The number of benzene rings is 1. The number of carboxylic acid groups (broad SMARTS) is 1. The normalized spacial score (nSPS) is 16.6. The fourth-order valence-electron chi connectivity index (χ4n) is 2.13. The van der Waals surface area contributed by atoms with Crippen molar-refractivity contribution in [3.05, 3.63) is 28.0 Å². The Bertz CT molecular complexity index is 469. The topological polar surface area (TPSA) is 46.5 Å². The van der Waals surface area contributed by atoms with Crippen LogP contribution in [0, 0.1) is 5.82 Å². The van der Waals surface area contributed by atoms with Crippen LogP contribution in [0.25, 0.3) is 0 Å². The highest BCUT2D eigenvalue weighted by Crippen LogP contribution is 2.55. The summed E-state index contributed by atoms with van der Waals surface area (Å²) >= 11 is 3.13. The summed E-state index contributed by atoms with van der Waals surface area (Å²) in [7, 11) is 1.46. The average molecular weight is 303 g/mol. The molecule has 2 rings (SSSR count). The van der Waals surface area contributed by atoms with Gasteiger partial charge in [0, 0.05) is 11.0 Å². The van der Waals surface area contributed by atoms with Gasteiger partial charge in [0.05, 0.1) is 18.0 Å². The van der Waals surface area contributed by atoms with Crippen molar-refractivity contribution < 1.29 is 19.0 Å². The summed E-state index contributed by atoms with van der Waals surface area (Å²) < 4.78 is 18.8. The number of carbonyl (C=O) groups is 1. The minimum absolute atomic E-state index is 0.0570. The molecule has 0 heterocycles. The standard InChI is InChI=1S/C12H12BrFO3/c1-17-11-7(2-3-8(14)10(11)13)12(4-5-12)6-9(15)16/h2-3H,4-6H2,1H3,(H,15,16). The lowest BCUT2D eigenvalue weighted by Crippen LogP contribution is -2.14. The maximum absolute atomic E-state index is 13.4. The van der Waals surface area contributed by atoms with Crippen molar-refractivity contribution >= 4 is 21.9 Å². The molecule has 0 aliphatic heterocycles. The molecule has 17 heavy (non-hydrogen) atoms. The lowest BCUT2D eigenvalue weighted by molar-refractivity contribution is -0.137. The minimum Gasteiger partial charge on any atom is -0.495 e. The molecule has 5 heteroatoms. The summed E-state index contributed by atoms with van der Waals surface area (Å²) in [5.74, 6) is -0.842. The largest absolute Gasteiger partial charge is 0.495 e. The van der Waals surface area contributed by atoms with Gasteiger partial charge in [-0.1, -0.05) is 6.07 Å². The lowest BCUT2D eigenvalue weighted by Gasteiger charge is -2.18. The number of ether oxygens (including phenoxy) is 1. The van der Waals surface area contributed by atoms with Gasteiger partial charge in [-0.25, -0.2) is 4.39 Å². The summed E-state index contributed by atoms with van der Waals surface area (Å²) in [6, 6.07) is 2.96. The molecule has 1 saturated carbocycles. The second kappa shape index (κ2) is 4.29. The van der Waals surface area contributed by atoms with Crippen LogP contribution in [0.4, 0.5) is 4.39 Å². The fraction of sp³-hybridized carbons (Fsp3) is 0.417. The molecule has 92 valence electrons.